The Labute approximate surface area is 92.4 Å². The van der Waals surface area contributed by atoms with Gasteiger partial charge in [0.2, 0.25) is 5.91 Å². The first-order chi connectivity index (χ1) is 7.00. The predicted octanol–water partition coefficient (Wildman–Crippen LogP) is 0.134. The molecule has 2 unspecified atom stereocenters. The highest BCUT2D eigenvalue weighted by atomic mass is 16.2. The predicted molar refractivity (Wildman–Crippen MR) is 61.5 cm³/mol. The minimum Gasteiger partial charge on any atom is -0.341 e. The highest BCUT2D eigenvalue weighted by molar-refractivity contribution is 5.81. The van der Waals surface area contributed by atoms with Gasteiger partial charge in [-0.3, -0.25) is 4.79 Å². The summed E-state index contributed by atoms with van der Waals surface area (Å²) in [6, 6.07) is -0.358. The van der Waals surface area contributed by atoms with Crippen molar-refractivity contribution in [3.8, 4) is 0 Å². The van der Waals surface area contributed by atoms with E-state index >= 15 is 0 Å². The smallest absolute Gasteiger partial charge is 0.239 e. The van der Waals surface area contributed by atoms with Gasteiger partial charge >= 0.3 is 0 Å². The van der Waals surface area contributed by atoms with E-state index in [-0.39, 0.29) is 11.9 Å². The highest BCUT2D eigenvalue weighted by Gasteiger charge is 2.25. The third-order valence-corrected chi connectivity index (χ3v) is 2.84. The van der Waals surface area contributed by atoms with Crippen molar-refractivity contribution in [3.63, 3.8) is 0 Å². The van der Waals surface area contributed by atoms with Gasteiger partial charge in [0.15, 0.2) is 0 Å². The lowest BCUT2D eigenvalue weighted by molar-refractivity contribution is -0.134. The van der Waals surface area contributed by atoms with Gasteiger partial charge in [0, 0.05) is 19.6 Å². The molecule has 4 nitrogen and oxygen atoms in total. The molecule has 2 N–H and O–H groups in total. The molecule has 0 aromatic heterocycles. The fourth-order valence-corrected chi connectivity index (χ4v) is 2.22. The second-order valence-corrected chi connectivity index (χ2v) is 4.84. The van der Waals surface area contributed by atoms with E-state index in [0.29, 0.717) is 5.92 Å². The van der Waals surface area contributed by atoms with Crippen LogP contribution in [0.25, 0.3) is 0 Å². The van der Waals surface area contributed by atoms with E-state index in [2.05, 4.69) is 19.0 Å². The molecule has 1 rings (SSSR count). The van der Waals surface area contributed by atoms with Crippen LogP contribution in [0.2, 0.25) is 0 Å². The van der Waals surface area contributed by atoms with Crippen molar-refractivity contribution in [1.29, 1.82) is 0 Å². The van der Waals surface area contributed by atoms with Crippen LogP contribution in [0.15, 0.2) is 0 Å². The van der Waals surface area contributed by atoms with Gasteiger partial charge in [0.25, 0.3) is 0 Å². The number of hydrogen-bond donors (Lipinski definition) is 1. The van der Waals surface area contributed by atoms with Crippen molar-refractivity contribution in [3.05, 3.63) is 0 Å². The molecule has 1 heterocycles. The number of carbonyl (C=O) groups excluding carboxylic acids is 1. The van der Waals surface area contributed by atoms with Gasteiger partial charge in [0.1, 0.15) is 0 Å². The molecule has 0 radical (unpaired) electrons. The molecule has 1 saturated heterocycles. The zero-order valence-corrected chi connectivity index (χ0v) is 10.1. The fraction of sp³-hybridized carbons (Fsp3) is 0.909. The number of hydrogen-bond acceptors (Lipinski definition) is 3. The topological polar surface area (TPSA) is 49.6 Å². The Balaban J connectivity index is 2.45. The number of carbonyl (C=O) groups is 1. The quantitative estimate of drug-likeness (QED) is 0.725. The molecule has 0 aliphatic carbocycles. The number of nitrogens with two attached hydrogens (primary N) is 1. The van der Waals surface area contributed by atoms with Crippen LogP contribution < -0.4 is 5.73 Å². The van der Waals surface area contributed by atoms with Gasteiger partial charge in [-0.1, -0.05) is 0 Å². The summed E-state index contributed by atoms with van der Waals surface area (Å²) in [5.74, 6) is 0.704. The summed E-state index contributed by atoms with van der Waals surface area (Å²) in [6.07, 6.45) is 2.33. The Morgan fingerprint density at radius 3 is 2.80 bits per heavy atom. The van der Waals surface area contributed by atoms with Gasteiger partial charge in [-0.15, -0.1) is 0 Å². The standard InChI is InChI=1S/C11H23N3O/c1-9(12)11(15)14-6-4-5-10(8-14)7-13(2)3/h9-10H,4-8,12H2,1-3H3. The molecule has 1 fully saturated rings. The van der Waals surface area contributed by atoms with Crippen LogP contribution in [0.3, 0.4) is 0 Å². The molecule has 1 amide bonds. The lowest BCUT2D eigenvalue weighted by Crippen LogP contribution is -2.48. The maximum atomic E-state index is 11.7. The summed E-state index contributed by atoms with van der Waals surface area (Å²) >= 11 is 0. The monoisotopic (exact) mass is 213 g/mol. The van der Waals surface area contributed by atoms with E-state index < -0.39 is 0 Å². The average molecular weight is 213 g/mol. The molecule has 0 bridgehead atoms. The molecule has 2 atom stereocenters. The van der Waals surface area contributed by atoms with Crippen LogP contribution >= 0.6 is 0 Å². The van der Waals surface area contributed by atoms with E-state index in [9.17, 15) is 4.79 Å². The summed E-state index contributed by atoms with van der Waals surface area (Å²) in [5, 5.41) is 0. The molecule has 1 aliphatic heterocycles. The van der Waals surface area contributed by atoms with E-state index in [1.54, 1.807) is 6.92 Å². The summed E-state index contributed by atoms with van der Waals surface area (Å²) in [5.41, 5.74) is 5.61. The molecule has 1 aliphatic rings. The largest absolute Gasteiger partial charge is 0.341 e. The summed E-state index contributed by atoms with van der Waals surface area (Å²) in [7, 11) is 4.15. The second-order valence-electron chi connectivity index (χ2n) is 4.84. The number of amides is 1. The number of rotatable bonds is 3. The first-order valence-corrected chi connectivity index (χ1v) is 5.69. The third kappa shape index (κ3) is 3.80. The van der Waals surface area contributed by atoms with Crippen molar-refractivity contribution in [2.45, 2.75) is 25.8 Å². The zero-order chi connectivity index (χ0) is 11.4. The SMILES string of the molecule is CC(N)C(=O)N1CCCC(CN(C)C)C1. The van der Waals surface area contributed by atoms with Crippen LogP contribution in [0.4, 0.5) is 0 Å². The lowest BCUT2D eigenvalue weighted by Gasteiger charge is -2.34. The molecule has 0 spiro atoms. The fourth-order valence-electron chi connectivity index (χ4n) is 2.22. The first-order valence-electron chi connectivity index (χ1n) is 5.69. The van der Waals surface area contributed by atoms with E-state index in [0.717, 1.165) is 26.1 Å². The maximum absolute atomic E-state index is 11.7. The Morgan fingerprint density at radius 2 is 2.27 bits per heavy atom. The number of piperidine rings is 1. The van der Waals surface area contributed by atoms with Gasteiger partial charge < -0.3 is 15.5 Å². The summed E-state index contributed by atoms with van der Waals surface area (Å²) in [4.78, 5) is 15.8. The Morgan fingerprint density at radius 1 is 1.60 bits per heavy atom. The summed E-state index contributed by atoms with van der Waals surface area (Å²) < 4.78 is 0. The Hall–Kier alpha value is -0.610. The lowest BCUT2D eigenvalue weighted by atomic mass is 9.97. The minimum absolute atomic E-state index is 0.0958. The molecular weight excluding hydrogens is 190 g/mol. The minimum atomic E-state index is -0.358. The van der Waals surface area contributed by atoms with Crippen molar-refractivity contribution in [2.75, 3.05) is 33.7 Å². The Kier molecular flexibility index (Phi) is 4.54. The van der Waals surface area contributed by atoms with E-state index in [1.165, 1.54) is 6.42 Å². The van der Waals surface area contributed by atoms with Crippen molar-refractivity contribution < 1.29 is 4.79 Å². The van der Waals surface area contributed by atoms with Crippen LogP contribution in [0, 0.1) is 5.92 Å². The van der Waals surface area contributed by atoms with Crippen LogP contribution in [0.5, 0.6) is 0 Å². The number of likely N-dealkylation sites (tertiary alicyclic amines) is 1. The number of nitrogens with zero attached hydrogens (tertiary/aromatic N) is 2. The van der Waals surface area contributed by atoms with E-state index in [4.69, 9.17) is 5.73 Å². The third-order valence-electron chi connectivity index (χ3n) is 2.84. The average Bonchev–Trinajstić information content (AvgIpc) is 2.16. The second kappa shape index (κ2) is 5.47. The van der Waals surface area contributed by atoms with Gasteiger partial charge in [0.05, 0.1) is 6.04 Å². The summed E-state index contributed by atoms with van der Waals surface area (Å²) in [6.45, 7) is 4.57. The van der Waals surface area contributed by atoms with Gasteiger partial charge in [-0.25, -0.2) is 0 Å². The van der Waals surface area contributed by atoms with Crippen molar-refractivity contribution >= 4 is 5.91 Å². The molecule has 0 aromatic carbocycles. The molecule has 88 valence electrons. The molecule has 4 heteroatoms. The van der Waals surface area contributed by atoms with Crippen LogP contribution in [0.1, 0.15) is 19.8 Å². The van der Waals surface area contributed by atoms with Gasteiger partial charge in [-0.2, -0.15) is 0 Å². The molecule has 15 heavy (non-hydrogen) atoms. The zero-order valence-electron chi connectivity index (χ0n) is 10.1. The van der Waals surface area contributed by atoms with Crippen molar-refractivity contribution in [1.82, 2.24) is 9.80 Å². The molecule has 0 saturated carbocycles. The van der Waals surface area contributed by atoms with E-state index in [1.807, 2.05) is 4.90 Å². The Bertz CT molecular complexity index is 216. The first kappa shape index (κ1) is 12.5. The normalized spacial score (nSPS) is 24.3. The van der Waals surface area contributed by atoms with Crippen LogP contribution in [-0.2, 0) is 4.79 Å². The molecular formula is C11H23N3O. The highest BCUT2D eigenvalue weighted by Crippen LogP contribution is 2.17. The maximum Gasteiger partial charge on any atom is 0.239 e. The van der Waals surface area contributed by atoms with Crippen LogP contribution in [-0.4, -0.2) is 55.5 Å². The molecule has 0 aromatic rings. The van der Waals surface area contributed by atoms with Gasteiger partial charge in [-0.05, 0) is 39.8 Å². The van der Waals surface area contributed by atoms with Crippen molar-refractivity contribution in [2.24, 2.45) is 11.7 Å².